The van der Waals surface area contributed by atoms with E-state index in [-0.39, 0.29) is 97.9 Å². The number of amidine groups is 8. The quantitative estimate of drug-likeness (QED) is 0.0193. The zero-order valence-electron chi connectivity index (χ0n) is 53.5. The molecule has 559 valence electrons. The molecule has 107 heavy (non-hydrogen) atoms. The van der Waals surface area contributed by atoms with E-state index in [4.69, 9.17) is 120 Å². The molecule has 0 atom stereocenters. The summed E-state index contributed by atoms with van der Waals surface area (Å²) >= 11 is 0. The van der Waals surface area contributed by atoms with Crippen molar-refractivity contribution in [2.45, 2.75) is 0 Å². The molecule has 3 radical (unpaired) electrons. The molecule has 10 rings (SSSR count). The van der Waals surface area contributed by atoms with Crippen LogP contribution in [0.15, 0.2) is 248 Å². The first-order valence-corrected chi connectivity index (χ1v) is 32.5. The van der Waals surface area contributed by atoms with Gasteiger partial charge in [0.25, 0.3) is 0 Å². The van der Waals surface area contributed by atoms with Gasteiger partial charge < -0.3 is 45.9 Å². The van der Waals surface area contributed by atoms with Crippen molar-refractivity contribution in [1.29, 1.82) is 0 Å². The van der Waals surface area contributed by atoms with E-state index in [1.165, 1.54) is 0 Å². The van der Waals surface area contributed by atoms with Crippen molar-refractivity contribution >= 4 is 46.7 Å². The fraction of sp³-hybridized carbons (Fsp3) is 0. The van der Waals surface area contributed by atoms with Crippen LogP contribution in [0.25, 0.3) is 45.6 Å². The van der Waals surface area contributed by atoms with E-state index in [2.05, 4.69) is 90.7 Å². The number of nitrogens with two attached hydrogens (primary N) is 8. The number of rotatable bonds is 16. The van der Waals surface area contributed by atoms with Gasteiger partial charge in [0.15, 0.2) is 46.7 Å². The average molecular weight is 1670 g/mol. The second-order valence-corrected chi connectivity index (χ2v) is 21.7. The number of nitrogens with zero attached hydrogens (tertiary/aromatic N) is 18. The molecule has 0 aliphatic carbocycles. The van der Waals surface area contributed by atoms with Crippen molar-refractivity contribution in [3.8, 4) is 45.6 Å². The van der Waals surface area contributed by atoms with Gasteiger partial charge in [-0.25, -0.2) is 104 Å². The van der Waals surface area contributed by atoms with Gasteiger partial charge in [-0.15, -0.1) is 81.8 Å². The normalized spacial score (nSPS) is 12.3. The van der Waals surface area contributed by atoms with E-state index in [1.54, 1.807) is 110 Å². The van der Waals surface area contributed by atoms with E-state index in [9.17, 15) is 0 Å². The molecule has 42 nitrogen and oxygen atoms in total. The molecule has 0 saturated heterocycles. The van der Waals surface area contributed by atoms with Crippen LogP contribution in [0.5, 0.6) is 0 Å². The molecule has 49 heteroatoms. The summed E-state index contributed by atoms with van der Waals surface area (Å²) in [5.74, 6) is 0.298. The summed E-state index contributed by atoms with van der Waals surface area (Å²) in [6.45, 7) is 0. The number of hydrogen-bond acceptors (Lipinski definition) is 34. The van der Waals surface area contributed by atoms with Crippen LogP contribution in [0.1, 0.15) is 45.6 Å². The van der Waals surface area contributed by atoms with Gasteiger partial charge >= 0.3 is 17.1 Å². The molecule has 0 spiro atoms. The molecule has 10 aromatic heterocycles. The van der Waals surface area contributed by atoms with Crippen molar-refractivity contribution in [1.82, 2.24) is 49.8 Å². The van der Waals surface area contributed by atoms with Crippen molar-refractivity contribution in [2.75, 3.05) is 0 Å². The second-order valence-electron chi connectivity index (χ2n) is 18.7. The van der Waals surface area contributed by atoms with E-state index < -0.39 is 41.0 Å². The molecular weight excluding hydrogens is 1620 g/mol. The second kappa shape index (κ2) is 45.0. The number of aromatic nitrogens is 10. The SMILES string of the molecule is N/C(=N\N=C(/N)c1cccc(-c2ccccn2)n1)c1cccc(/C(N)=N/N=C(\N)c2cccc(-c3ccccn3)n2)n1.N/C(=N\N=C(/N)c1cccc(-c2ccccn2)n1)c1cccc(/C(N)=N/N=C(\N)c2cccc(-c3ccccn3)n2)n1.[Mn+2].[Mn].[Mn].[O-][Cl+3]([O-])([O-])[O-].[O-][Cl+3]([O-])([O-])[O-].[O-][Cl+3]([O-])([O-])[O-].[O-][Cl+3]([O-])([O-])[O-]. The zero-order chi connectivity index (χ0) is 76.6. The molecule has 10 heterocycles. The first kappa shape index (κ1) is 92.4. The standard InChI is InChI=1S/2C29H25N13.4ClHO4.3Mn/c2*30-26(22-12-5-10-20(36-22)18-8-1-3-16-34-18)39-41-28(32)24-14-7-15-25(38-24)29(33)42-40-27(31)23-13-6-11-21(37-23)19-9-2-4-17-35-19;4*2-1(3,4)5;;;/h2*1-17H,(H2,30,39)(H2,31,40)(H2,32,41)(H2,33,42);4*(H,2,3,4,5);;;/q;;;;;;;;+2/p-4. The Hall–Kier alpha value is -10.7. The molecule has 0 aliphatic rings. The summed E-state index contributed by atoms with van der Waals surface area (Å²) in [7, 11) is -19.8. The first-order chi connectivity index (χ1) is 48.9. The van der Waals surface area contributed by atoms with Crippen LogP contribution in [0.3, 0.4) is 0 Å². The van der Waals surface area contributed by atoms with Crippen molar-refractivity contribution in [3.63, 3.8) is 0 Å². The molecule has 0 fully saturated rings. The largest absolute Gasteiger partial charge is 2.00 e. The van der Waals surface area contributed by atoms with Crippen molar-refractivity contribution in [3.05, 3.63) is 252 Å². The maximum atomic E-state index is 8.49. The summed E-state index contributed by atoms with van der Waals surface area (Å²) in [5, 5.41) is 32.2. The Morgan fingerprint density at radius 1 is 0.206 bits per heavy atom. The first-order valence-electron chi connectivity index (χ1n) is 27.6. The summed E-state index contributed by atoms with van der Waals surface area (Å²) in [4.78, 5) is 44.0. The predicted molar refractivity (Wildman–Crippen MR) is 324 cm³/mol. The minimum absolute atomic E-state index is 0. The Balaban J connectivity index is 0.000000566. The average Bonchev–Trinajstić information content (AvgIpc) is 0.865. The fourth-order valence-electron chi connectivity index (χ4n) is 7.22. The third kappa shape index (κ3) is 37.2. The van der Waals surface area contributed by atoms with E-state index >= 15 is 0 Å². The minimum Gasteiger partial charge on any atom is -0.380 e. The maximum absolute atomic E-state index is 8.49. The number of halogens is 4. The molecule has 10 aromatic rings. The van der Waals surface area contributed by atoms with Crippen LogP contribution in [0.4, 0.5) is 0 Å². The minimum atomic E-state index is -4.94. The topological polar surface area (TPSA) is 805 Å². The van der Waals surface area contributed by atoms with Gasteiger partial charge in [0.05, 0.1) is 45.6 Å². The molecule has 0 aromatic carbocycles. The Labute approximate surface area is 643 Å². The summed E-state index contributed by atoms with van der Waals surface area (Å²) in [5.41, 5.74) is 57.3. The van der Waals surface area contributed by atoms with E-state index in [0.717, 1.165) is 0 Å². The summed E-state index contributed by atoms with van der Waals surface area (Å²) < 4.78 is 136. The van der Waals surface area contributed by atoms with E-state index in [0.29, 0.717) is 91.1 Å². The van der Waals surface area contributed by atoms with Gasteiger partial charge in [-0.05, 0) is 121 Å². The Morgan fingerprint density at radius 2 is 0.336 bits per heavy atom. The predicted octanol–water partition coefficient (Wildman–Crippen LogP) is -14.9. The van der Waals surface area contributed by atoms with Gasteiger partial charge in [0.1, 0.15) is 45.6 Å². The molecule has 0 amide bonds. The molecule has 0 unspecified atom stereocenters. The van der Waals surface area contributed by atoms with Crippen molar-refractivity contribution < 1.29 is 167 Å². The van der Waals surface area contributed by atoms with Gasteiger partial charge in [0, 0.05) is 58.9 Å². The van der Waals surface area contributed by atoms with Crippen LogP contribution in [-0.4, -0.2) is 96.5 Å². The molecule has 16 N–H and O–H groups in total. The van der Waals surface area contributed by atoms with Crippen molar-refractivity contribution in [2.24, 2.45) is 86.7 Å². The Bertz CT molecular complexity index is 4100. The van der Waals surface area contributed by atoms with E-state index in [1.807, 2.05) is 97.1 Å². The number of hydrogen-bond donors (Lipinski definition) is 8. The van der Waals surface area contributed by atoms with Crippen LogP contribution in [0, 0.1) is 41.0 Å². The third-order valence-electron chi connectivity index (χ3n) is 11.4. The van der Waals surface area contributed by atoms with Crippen LogP contribution >= 0.6 is 0 Å². The zero-order valence-corrected chi connectivity index (χ0v) is 60.0. The summed E-state index contributed by atoms with van der Waals surface area (Å²) in [6, 6.07) is 53.5. The van der Waals surface area contributed by atoms with Gasteiger partial charge in [-0.2, -0.15) is 0 Å². The maximum Gasteiger partial charge on any atom is 2.00 e. The van der Waals surface area contributed by atoms with Gasteiger partial charge in [0.2, 0.25) is 0 Å². The Morgan fingerprint density at radius 3 is 0.477 bits per heavy atom. The molecule has 0 aliphatic heterocycles. The van der Waals surface area contributed by atoms with Crippen LogP contribution in [-0.2, 0) is 51.2 Å². The molecular formula is C58H50Cl4Mn3N26O16-2. The monoisotopic (exact) mass is 1670 g/mol. The molecule has 0 bridgehead atoms. The smallest absolute Gasteiger partial charge is 0.380 e. The molecule has 0 saturated carbocycles. The number of pyridine rings is 10. The van der Waals surface area contributed by atoms with Gasteiger partial charge in [-0.1, -0.05) is 60.7 Å². The summed E-state index contributed by atoms with van der Waals surface area (Å²) in [6.07, 6.45) is 6.75. The van der Waals surface area contributed by atoms with Crippen LogP contribution in [0.2, 0.25) is 0 Å². The van der Waals surface area contributed by atoms with Crippen LogP contribution < -0.4 is 120 Å². The fourth-order valence-corrected chi connectivity index (χ4v) is 7.22. The third-order valence-corrected chi connectivity index (χ3v) is 11.4. The Kier molecular flexibility index (Phi) is 38.9. The van der Waals surface area contributed by atoms with Gasteiger partial charge in [-0.3, -0.25) is 19.9 Å².